The topological polar surface area (TPSA) is 29.9 Å². The Morgan fingerprint density at radius 3 is 2.55 bits per heavy atom. The molecule has 1 N–H and O–H groups in total. The lowest BCUT2D eigenvalue weighted by Crippen LogP contribution is -2.04. The Labute approximate surface area is 118 Å². The molecule has 0 fully saturated rings. The average molecular weight is 263 g/mol. The highest BCUT2D eigenvalue weighted by Gasteiger charge is 2.03. The maximum absolute atomic E-state index is 4.29. The van der Waals surface area contributed by atoms with E-state index >= 15 is 0 Å². The monoisotopic (exact) mass is 263 g/mol. The molecule has 100 valence electrons. The Morgan fingerprint density at radius 2 is 1.80 bits per heavy atom. The molecule has 2 aromatic carbocycles. The highest BCUT2D eigenvalue weighted by Crippen LogP contribution is 2.19. The second kappa shape index (κ2) is 5.61. The third-order valence-electron chi connectivity index (χ3n) is 3.26. The van der Waals surface area contributed by atoms with Crippen molar-refractivity contribution in [3.63, 3.8) is 0 Å². The van der Waals surface area contributed by atoms with Crippen LogP contribution in [-0.4, -0.2) is 9.78 Å². The number of benzene rings is 2. The fourth-order valence-electron chi connectivity index (χ4n) is 2.14. The largest absolute Gasteiger partial charge is 0.379 e. The van der Waals surface area contributed by atoms with Gasteiger partial charge in [0.1, 0.15) is 0 Å². The fourth-order valence-corrected chi connectivity index (χ4v) is 2.14. The standard InChI is InChI=1S/C17H17N3/c1-14-7-9-15(10-8-14)13-18-16-5-2-3-6-17(16)20-12-4-11-19-20/h2-12,18H,13H2,1H3. The molecule has 3 rings (SSSR count). The quantitative estimate of drug-likeness (QED) is 0.776. The van der Waals surface area contributed by atoms with Gasteiger partial charge in [-0.2, -0.15) is 5.10 Å². The minimum Gasteiger partial charge on any atom is -0.379 e. The zero-order valence-electron chi connectivity index (χ0n) is 11.5. The molecule has 3 heteroatoms. The Balaban J connectivity index is 1.79. The van der Waals surface area contributed by atoms with Crippen LogP contribution in [-0.2, 0) is 6.54 Å². The third kappa shape index (κ3) is 2.72. The number of aromatic nitrogens is 2. The molecule has 0 unspecified atom stereocenters. The van der Waals surface area contributed by atoms with Crippen LogP contribution in [0.1, 0.15) is 11.1 Å². The Hall–Kier alpha value is -2.55. The molecular weight excluding hydrogens is 246 g/mol. The number of nitrogens with zero attached hydrogens (tertiary/aromatic N) is 2. The molecule has 0 aliphatic heterocycles. The molecule has 0 atom stereocenters. The number of hydrogen-bond donors (Lipinski definition) is 1. The van der Waals surface area contributed by atoms with Crippen LogP contribution in [0.25, 0.3) is 5.69 Å². The first kappa shape index (κ1) is 12.5. The van der Waals surface area contributed by atoms with Crippen molar-refractivity contribution in [2.75, 3.05) is 5.32 Å². The van der Waals surface area contributed by atoms with Gasteiger partial charge in [0, 0.05) is 18.9 Å². The van der Waals surface area contributed by atoms with E-state index in [1.54, 1.807) is 6.20 Å². The van der Waals surface area contributed by atoms with Gasteiger partial charge >= 0.3 is 0 Å². The van der Waals surface area contributed by atoms with Crippen molar-refractivity contribution in [3.05, 3.63) is 78.1 Å². The Morgan fingerprint density at radius 1 is 1.00 bits per heavy atom. The SMILES string of the molecule is Cc1ccc(CNc2ccccc2-n2cccn2)cc1. The van der Waals surface area contributed by atoms with Crippen LogP contribution in [0.3, 0.4) is 0 Å². The molecule has 0 aliphatic rings. The van der Waals surface area contributed by atoms with Crippen molar-refractivity contribution in [1.82, 2.24) is 9.78 Å². The molecule has 20 heavy (non-hydrogen) atoms. The normalized spacial score (nSPS) is 10.4. The highest BCUT2D eigenvalue weighted by molar-refractivity contribution is 5.60. The van der Waals surface area contributed by atoms with Gasteiger partial charge in [-0.3, -0.25) is 0 Å². The maximum Gasteiger partial charge on any atom is 0.0876 e. The van der Waals surface area contributed by atoms with Crippen molar-refractivity contribution in [2.24, 2.45) is 0 Å². The van der Waals surface area contributed by atoms with Crippen LogP contribution >= 0.6 is 0 Å². The summed E-state index contributed by atoms with van der Waals surface area (Å²) in [6.07, 6.45) is 3.74. The van der Waals surface area contributed by atoms with Gasteiger partial charge in [-0.15, -0.1) is 0 Å². The number of rotatable bonds is 4. The smallest absolute Gasteiger partial charge is 0.0876 e. The minimum absolute atomic E-state index is 0.804. The highest BCUT2D eigenvalue weighted by atomic mass is 15.3. The molecule has 3 nitrogen and oxygen atoms in total. The maximum atomic E-state index is 4.29. The van der Waals surface area contributed by atoms with E-state index in [1.807, 2.05) is 29.1 Å². The van der Waals surface area contributed by atoms with E-state index in [0.717, 1.165) is 17.9 Å². The van der Waals surface area contributed by atoms with Gasteiger partial charge in [0.25, 0.3) is 0 Å². The van der Waals surface area contributed by atoms with Crippen LogP contribution in [0.5, 0.6) is 0 Å². The molecule has 0 spiro atoms. The first-order chi connectivity index (χ1) is 9.83. The van der Waals surface area contributed by atoms with Gasteiger partial charge in [-0.1, -0.05) is 42.0 Å². The molecule has 0 amide bonds. The third-order valence-corrected chi connectivity index (χ3v) is 3.26. The summed E-state index contributed by atoms with van der Waals surface area (Å²) in [5.74, 6) is 0. The summed E-state index contributed by atoms with van der Waals surface area (Å²) in [5.41, 5.74) is 4.69. The summed E-state index contributed by atoms with van der Waals surface area (Å²) in [6, 6.07) is 18.7. The summed E-state index contributed by atoms with van der Waals surface area (Å²) < 4.78 is 1.87. The number of hydrogen-bond acceptors (Lipinski definition) is 2. The molecule has 0 aliphatic carbocycles. The Kier molecular flexibility index (Phi) is 3.50. The fraction of sp³-hybridized carbons (Fsp3) is 0.118. The molecule has 0 saturated heterocycles. The lowest BCUT2D eigenvalue weighted by Gasteiger charge is -2.12. The summed E-state index contributed by atoms with van der Waals surface area (Å²) >= 11 is 0. The number of para-hydroxylation sites is 2. The van der Waals surface area contributed by atoms with Gasteiger partial charge in [0.2, 0.25) is 0 Å². The van der Waals surface area contributed by atoms with E-state index < -0.39 is 0 Å². The van der Waals surface area contributed by atoms with Gasteiger partial charge in [0.15, 0.2) is 0 Å². The lowest BCUT2D eigenvalue weighted by molar-refractivity contribution is 0.879. The molecule has 1 aromatic heterocycles. The van der Waals surface area contributed by atoms with E-state index in [-0.39, 0.29) is 0 Å². The van der Waals surface area contributed by atoms with Crippen LogP contribution < -0.4 is 5.32 Å². The molecule has 0 bridgehead atoms. The van der Waals surface area contributed by atoms with E-state index in [4.69, 9.17) is 0 Å². The van der Waals surface area contributed by atoms with Gasteiger partial charge in [-0.05, 0) is 30.7 Å². The van der Waals surface area contributed by atoms with Crippen LogP contribution in [0.2, 0.25) is 0 Å². The number of aryl methyl sites for hydroxylation is 1. The zero-order chi connectivity index (χ0) is 13.8. The van der Waals surface area contributed by atoms with Crippen molar-refractivity contribution < 1.29 is 0 Å². The lowest BCUT2D eigenvalue weighted by atomic mass is 10.1. The van der Waals surface area contributed by atoms with Crippen LogP contribution in [0.4, 0.5) is 5.69 Å². The first-order valence-corrected chi connectivity index (χ1v) is 6.71. The summed E-state index contributed by atoms with van der Waals surface area (Å²) in [4.78, 5) is 0. The minimum atomic E-state index is 0.804. The van der Waals surface area contributed by atoms with Crippen LogP contribution in [0, 0.1) is 6.92 Å². The van der Waals surface area contributed by atoms with E-state index in [0.29, 0.717) is 0 Å². The predicted octanol–water partition coefficient (Wildman–Crippen LogP) is 3.79. The van der Waals surface area contributed by atoms with Crippen molar-refractivity contribution in [2.45, 2.75) is 13.5 Å². The number of nitrogens with one attached hydrogen (secondary N) is 1. The number of anilines is 1. The molecule has 0 radical (unpaired) electrons. The molecular formula is C17H17N3. The van der Waals surface area contributed by atoms with E-state index in [2.05, 4.69) is 53.7 Å². The molecule has 3 aromatic rings. The van der Waals surface area contributed by atoms with Crippen LogP contribution in [0.15, 0.2) is 67.0 Å². The zero-order valence-corrected chi connectivity index (χ0v) is 11.5. The van der Waals surface area contributed by atoms with Gasteiger partial charge < -0.3 is 5.32 Å². The second-order valence-electron chi connectivity index (χ2n) is 4.81. The molecule has 1 heterocycles. The molecule has 0 saturated carbocycles. The summed E-state index contributed by atoms with van der Waals surface area (Å²) in [5, 5.41) is 7.77. The van der Waals surface area contributed by atoms with Crippen molar-refractivity contribution in [3.8, 4) is 5.69 Å². The summed E-state index contributed by atoms with van der Waals surface area (Å²) in [7, 11) is 0. The van der Waals surface area contributed by atoms with E-state index in [9.17, 15) is 0 Å². The average Bonchev–Trinajstić information content (AvgIpc) is 3.01. The van der Waals surface area contributed by atoms with Gasteiger partial charge in [0.05, 0.1) is 11.4 Å². The van der Waals surface area contributed by atoms with Crippen molar-refractivity contribution in [1.29, 1.82) is 0 Å². The second-order valence-corrected chi connectivity index (χ2v) is 4.81. The van der Waals surface area contributed by atoms with E-state index in [1.165, 1.54) is 11.1 Å². The predicted molar refractivity (Wildman–Crippen MR) is 82.1 cm³/mol. The first-order valence-electron chi connectivity index (χ1n) is 6.71. The summed E-state index contributed by atoms with van der Waals surface area (Å²) in [6.45, 7) is 2.91. The Bertz CT molecular complexity index is 670. The van der Waals surface area contributed by atoms with Crippen molar-refractivity contribution >= 4 is 5.69 Å². The van der Waals surface area contributed by atoms with Gasteiger partial charge in [-0.25, -0.2) is 4.68 Å².